The summed E-state index contributed by atoms with van der Waals surface area (Å²) in [5, 5.41) is 13.3. The second-order valence-electron chi connectivity index (χ2n) is 6.46. The first-order valence-corrected chi connectivity index (χ1v) is 8.59. The molecule has 0 saturated carbocycles. The molecule has 3 rings (SSSR count). The van der Waals surface area contributed by atoms with Crippen LogP contribution in [0.3, 0.4) is 0 Å². The predicted molar refractivity (Wildman–Crippen MR) is 91.2 cm³/mol. The zero-order valence-electron chi connectivity index (χ0n) is 14.9. The monoisotopic (exact) mass is 397 g/mol. The van der Waals surface area contributed by atoms with Gasteiger partial charge in [0.25, 0.3) is 5.91 Å². The van der Waals surface area contributed by atoms with Crippen LogP contribution < -0.4 is 4.74 Å². The Hall–Kier alpha value is -3.04. The molecule has 0 bridgehead atoms. The molecule has 1 fully saturated rings. The fourth-order valence-corrected chi connectivity index (χ4v) is 3.34. The minimum absolute atomic E-state index is 0.0844. The highest BCUT2D eigenvalue weighted by atomic mass is 19.4. The van der Waals surface area contributed by atoms with Crippen molar-refractivity contribution in [1.82, 2.24) is 14.7 Å². The number of halogens is 3. The van der Waals surface area contributed by atoms with E-state index in [1.54, 1.807) is 11.6 Å². The van der Waals surface area contributed by atoms with Gasteiger partial charge in [0.05, 0.1) is 23.5 Å². The molecule has 0 unspecified atom stereocenters. The molecule has 0 radical (unpaired) electrons. The van der Waals surface area contributed by atoms with Crippen molar-refractivity contribution in [1.29, 1.82) is 0 Å². The lowest BCUT2D eigenvalue weighted by Crippen LogP contribution is -2.39. The molecule has 1 aromatic carbocycles. The van der Waals surface area contributed by atoms with Crippen molar-refractivity contribution in [2.24, 2.45) is 0 Å². The van der Waals surface area contributed by atoms with Crippen molar-refractivity contribution >= 4 is 11.9 Å². The minimum atomic E-state index is -4.89. The average Bonchev–Trinajstić information content (AvgIpc) is 3.02. The number of hydrogen-bond donors (Lipinski definition) is 1. The van der Waals surface area contributed by atoms with Crippen LogP contribution in [0.2, 0.25) is 0 Å². The van der Waals surface area contributed by atoms with Gasteiger partial charge in [0.1, 0.15) is 11.3 Å². The van der Waals surface area contributed by atoms with E-state index in [0.29, 0.717) is 31.6 Å². The number of carbonyl (C=O) groups is 2. The summed E-state index contributed by atoms with van der Waals surface area (Å²) in [6.45, 7) is 2.29. The molecular formula is C18H18F3N3O4. The van der Waals surface area contributed by atoms with E-state index in [1.165, 1.54) is 29.3 Å². The normalized spacial score (nSPS) is 15.5. The second-order valence-corrected chi connectivity index (χ2v) is 6.46. The summed E-state index contributed by atoms with van der Waals surface area (Å²) in [6.07, 6.45) is -2.58. The topological polar surface area (TPSA) is 84.7 Å². The van der Waals surface area contributed by atoms with E-state index in [9.17, 15) is 22.8 Å². The van der Waals surface area contributed by atoms with Gasteiger partial charge in [0.15, 0.2) is 0 Å². The molecular weight excluding hydrogens is 379 g/mol. The van der Waals surface area contributed by atoms with Crippen LogP contribution in [0.4, 0.5) is 13.2 Å². The Bertz CT molecular complexity index is 886. The number of alkyl halides is 3. The van der Waals surface area contributed by atoms with Crippen LogP contribution in [-0.2, 0) is 0 Å². The maximum atomic E-state index is 12.7. The smallest absolute Gasteiger partial charge is 0.478 e. The molecule has 1 amide bonds. The predicted octanol–water partition coefficient (Wildman–Crippen LogP) is 3.27. The summed E-state index contributed by atoms with van der Waals surface area (Å²) >= 11 is 0. The van der Waals surface area contributed by atoms with Gasteiger partial charge in [-0.25, -0.2) is 4.79 Å². The Morgan fingerprint density at radius 3 is 2.39 bits per heavy atom. The number of amides is 1. The lowest BCUT2D eigenvalue weighted by molar-refractivity contribution is -0.274. The van der Waals surface area contributed by atoms with Gasteiger partial charge in [-0.15, -0.1) is 13.2 Å². The largest absolute Gasteiger partial charge is 0.573 e. The number of hydrogen-bond acceptors (Lipinski definition) is 4. The van der Waals surface area contributed by atoms with Crippen LogP contribution in [0.1, 0.15) is 45.3 Å². The first-order chi connectivity index (χ1) is 13.2. The van der Waals surface area contributed by atoms with Gasteiger partial charge in [-0.05, 0) is 31.9 Å². The summed E-state index contributed by atoms with van der Waals surface area (Å²) in [4.78, 5) is 25.3. The Balaban J connectivity index is 1.70. The molecule has 1 aromatic heterocycles. The minimum Gasteiger partial charge on any atom is -0.478 e. The lowest BCUT2D eigenvalue weighted by atomic mass is 10.0. The van der Waals surface area contributed by atoms with E-state index in [0.717, 1.165) is 6.07 Å². The van der Waals surface area contributed by atoms with E-state index < -0.39 is 24.0 Å². The third-order valence-electron chi connectivity index (χ3n) is 4.72. The Labute approximate surface area is 158 Å². The first kappa shape index (κ1) is 19.7. The van der Waals surface area contributed by atoms with Crippen LogP contribution in [0.25, 0.3) is 0 Å². The molecule has 0 spiro atoms. The van der Waals surface area contributed by atoms with Gasteiger partial charge in [0, 0.05) is 13.1 Å². The van der Waals surface area contributed by atoms with Crippen LogP contribution in [0.15, 0.2) is 30.5 Å². The number of nitrogens with zero attached hydrogens (tertiary/aromatic N) is 3. The molecule has 1 aliphatic heterocycles. The number of aromatic nitrogens is 2. The van der Waals surface area contributed by atoms with Crippen molar-refractivity contribution in [2.75, 3.05) is 13.1 Å². The Morgan fingerprint density at radius 1 is 1.18 bits per heavy atom. The van der Waals surface area contributed by atoms with E-state index in [1.807, 2.05) is 0 Å². The zero-order valence-corrected chi connectivity index (χ0v) is 14.9. The molecule has 2 aromatic rings. The fourth-order valence-electron chi connectivity index (χ4n) is 3.34. The van der Waals surface area contributed by atoms with Crippen LogP contribution in [-0.4, -0.2) is 51.1 Å². The molecule has 1 N–H and O–H groups in total. The van der Waals surface area contributed by atoms with Crippen molar-refractivity contribution in [3.8, 4) is 5.75 Å². The number of carboxylic acid groups (broad SMARTS) is 1. The third-order valence-corrected chi connectivity index (χ3v) is 4.72. The summed E-state index contributed by atoms with van der Waals surface area (Å²) in [5.74, 6) is -2.13. The number of benzene rings is 1. The highest BCUT2D eigenvalue weighted by Crippen LogP contribution is 2.30. The van der Waals surface area contributed by atoms with Gasteiger partial charge in [-0.1, -0.05) is 12.1 Å². The number of para-hydroxylation sites is 1. The van der Waals surface area contributed by atoms with Gasteiger partial charge >= 0.3 is 12.3 Å². The van der Waals surface area contributed by atoms with Crippen LogP contribution >= 0.6 is 0 Å². The molecule has 150 valence electrons. The molecule has 1 aliphatic rings. The van der Waals surface area contributed by atoms with E-state index in [-0.39, 0.29) is 17.2 Å². The molecule has 7 nitrogen and oxygen atoms in total. The van der Waals surface area contributed by atoms with E-state index in [4.69, 9.17) is 5.11 Å². The zero-order chi connectivity index (χ0) is 20.5. The maximum Gasteiger partial charge on any atom is 0.573 e. The highest BCUT2D eigenvalue weighted by Gasteiger charge is 2.34. The Morgan fingerprint density at radius 2 is 1.82 bits per heavy atom. The van der Waals surface area contributed by atoms with Crippen LogP contribution in [0.5, 0.6) is 5.75 Å². The summed E-state index contributed by atoms with van der Waals surface area (Å²) in [5.41, 5.74) is 0.500. The van der Waals surface area contributed by atoms with Crippen molar-refractivity contribution in [3.05, 3.63) is 47.3 Å². The van der Waals surface area contributed by atoms with Gasteiger partial charge in [0.2, 0.25) is 0 Å². The molecule has 0 atom stereocenters. The van der Waals surface area contributed by atoms with Gasteiger partial charge in [-0.3, -0.25) is 9.48 Å². The van der Waals surface area contributed by atoms with Crippen molar-refractivity contribution in [3.63, 3.8) is 0 Å². The average molecular weight is 397 g/mol. The Kier molecular flexibility index (Phi) is 5.30. The van der Waals surface area contributed by atoms with Crippen molar-refractivity contribution in [2.45, 2.75) is 32.2 Å². The lowest BCUT2D eigenvalue weighted by Gasteiger charge is -2.33. The summed E-state index contributed by atoms with van der Waals surface area (Å²) in [6, 6.07) is 5.16. The molecule has 2 heterocycles. The SMILES string of the molecule is Cc1c(C(=O)O)cnn1C1CCN(C(=O)c2ccccc2OC(F)(F)F)CC1. The first-order valence-electron chi connectivity index (χ1n) is 8.59. The number of likely N-dealkylation sites (tertiary alicyclic amines) is 1. The summed E-state index contributed by atoms with van der Waals surface area (Å²) < 4.78 is 43.3. The number of carbonyl (C=O) groups excluding carboxylic acids is 1. The molecule has 28 heavy (non-hydrogen) atoms. The molecule has 0 aliphatic carbocycles. The van der Waals surface area contributed by atoms with E-state index in [2.05, 4.69) is 9.84 Å². The van der Waals surface area contributed by atoms with Gasteiger partial charge in [-0.2, -0.15) is 5.10 Å². The number of aromatic carboxylic acids is 1. The van der Waals surface area contributed by atoms with Crippen molar-refractivity contribution < 1.29 is 32.6 Å². The molecule has 1 saturated heterocycles. The van der Waals surface area contributed by atoms with Gasteiger partial charge < -0.3 is 14.7 Å². The number of piperidine rings is 1. The third kappa shape index (κ3) is 4.10. The number of ether oxygens (including phenoxy) is 1. The quantitative estimate of drug-likeness (QED) is 0.856. The maximum absolute atomic E-state index is 12.7. The van der Waals surface area contributed by atoms with Crippen LogP contribution in [0, 0.1) is 6.92 Å². The second kappa shape index (κ2) is 7.53. The summed E-state index contributed by atoms with van der Waals surface area (Å²) in [7, 11) is 0. The highest BCUT2D eigenvalue weighted by molar-refractivity contribution is 5.97. The van der Waals surface area contributed by atoms with E-state index >= 15 is 0 Å². The standard InChI is InChI=1S/C18H18F3N3O4/c1-11-14(17(26)27)10-22-24(11)12-6-8-23(9-7-12)16(25)13-4-2-3-5-15(13)28-18(19,20)21/h2-5,10,12H,6-9H2,1H3,(H,26,27). The molecule has 10 heteroatoms. The fraction of sp³-hybridized carbons (Fsp3) is 0.389. The number of carboxylic acids is 1. The number of rotatable bonds is 4.